The fourth-order valence-electron chi connectivity index (χ4n) is 2.90. The molecule has 1 aliphatic heterocycles. The Balaban J connectivity index is 1.45. The van der Waals surface area contributed by atoms with Crippen molar-refractivity contribution in [2.45, 2.75) is 12.6 Å². The zero-order valence-corrected chi connectivity index (χ0v) is 15.0. The lowest BCUT2D eigenvalue weighted by molar-refractivity contribution is -0.137. The average molecular weight is 397 g/mol. The van der Waals surface area contributed by atoms with Crippen molar-refractivity contribution >= 4 is 11.9 Å². The molecule has 150 valence electrons. The summed E-state index contributed by atoms with van der Waals surface area (Å²) in [7, 11) is 0. The summed E-state index contributed by atoms with van der Waals surface area (Å²) in [5, 5.41) is 0. The van der Waals surface area contributed by atoms with Crippen LogP contribution in [0.1, 0.15) is 11.1 Å². The van der Waals surface area contributed by atoms with Crippen molar-refractivity contribution in [3.05, 3.63) is 59.5 Å². The van der Waals surface area contributed by atoms with Gasteiger partial charge in [0, 0.05) is 38.8 Å². The second-order valence-electron chi connectivity index (χ2n) is 6.37. The van der Waals surface area contributed by atoms with Gasteiger partial charge in [0.1, 0.15) is 11.6 Å². The summed E-state index contributed by atoms with van der Waals surface area (Å²) in [6.45, 7) is 1.78. The van der Waals surface area contributed by atoms with E-state index >= 15 is 0 Å². The van der Waals surface area contributed by atoms with E-state index in [9.17, 15) is 22.4 Å². The predicted octanol–water partition coefficient (Wildman–Crippen LogP) is 3.74. The summed E-state index contributed by atoms with van der Waals surface area (Å²) in [4.78, 5) is 19.3. The Bertz CT molecular complexity index is 804. The van der Waals surface area contributed by atoms with E-state index in [-0.39, 0.29) is 12.4 Å². The normalized spacial score (nSPS) is 14.9. The predicted molar refractivity (Wildman–Crippen MR) is 94.5 cm³/mol. The Hall–Kier alpha value is -2.84. The van der Waals surface area contributed by atoms with Gasteiger partial charge in [0.2, 0.25) is 0 Å². The van der Waals surface area contributed by atoms with Gasteiger partial charge in [-0.3, -0.25) is 0 Å². The number of anilines is 1. The number of amides is 1. The fraction of sp³-hybridized carbons (Fsp3) is 0.368. The van der Waals surface area contributed by atoms with Crippen LogP contribution in [-0.2, 0) is 17.3 Å². The quantitative estimate of drug-likeness (QED) is 0.738. The molecule has 28 heavy (non-hydrogen) atoms. The SMILES string of the molecule is O=C(OCCc1cccc(F)c1)N1CCN(c2ccc(C(F)(F)F)cn2)CC1. The summed E-state index contributed by atoms with van der Waals surface area (Å²) in [5.41, 5.74) is -0.0530. The standard InChI is InChI=1S/C19H19F4N3O2/c20-16-3-1-2-14(12-16)6-11-28-18(27)26-9-7-25(8-10-26)17-5-4-15(13-24-17)19(21,22)23/h1-5,12-13H,6-11H2. The molecule has 0 atom stereocenters. The Morgan fingerprint density at radius 1 is 1.11 bits per heavy atom. The first-order valence-electron chi connectivity index (χ1n) is 8.77. The van der Waals surface area contributed by atoms with E-state index in [0.29, 0.717) is 38.4 Å². The molecule has 0 N–H and O–H groups in total. The fourth-order valence-corrected chi connectivity index (χ4v) is 2.90. The molecule has 2 heterocycles. The van der Waals surface area contributed by atoms with E-state index in [0.717, 1.165) is 17.8 Å². The molecule has 9 heteroatoms. The molecule has 1 amide bonds. The van der Waals surface area contributed by atoms with Gasteiger partial charge in [0.05, 0.1) is 12.2 Å². The van der Waals surface area contributed by atoms with Gasteiger partial charge in [0.25, 0.3) is 0 Å². The average Bonchev–Trinajstić information content (AvgIpc) is 2.67. The molecule has 1 aromatic carbocycles. The van der Waals surface area contributed by atoms with Crippen LogP contribution in [0.2, 0.25) is 0 Å². The molecule has 3 rings (SSSR count). The first-order chi connectivity index (χ1) is 13.3. The highest BCUT2D eigenvalue weighted by Crippen LogP contribution is 2.29. The van der Waals surface area contributed by atoms with Gasteiger partial charge in [-0.1, -0.05) is 12.1 Å². The van der Waals surface area contributed by atoms with E-state index in [1.165, 1.54) is 23.1 Å². The highest BCUT2D eigenvalue weighted by Gasteiger charge is 2.31. The van der Waals surface area contributed by atoms with Gasteiger partial charge in [-0.15, -0.1) is 0 Å². The molecule has 0 saturated carbocycles. The van der Waals surface area contributed by atoms with E-state index in [1.54, 1.807) is 12.1 Å². The van der Waals surface area contributed by atoms with Crippen LogP contribution in [0.5, 0.6) is 0 Å². The van der Waals surface area contributed by atoms with Gasteiger partial charge in [-0.25, -0.2) is 14.2 Å². The van der Waals surface area contributed by atoms with Crippen molar-refractivity contribution < 1.29 is 27.1 Å². The van der Waals surface area contributed by atoms with Crippen LogP contribution in [0.25, 0.3) is 0 Å². The van der Waals surface area contributed by atoms with Gasteiger partial charge in [0.15, 0.2) is 0 Å². The number of pyridine rings is 1. The van der Waals surface area contributed by atoms with E-state index < -0.39 is 17.8 Å². The highest BCUT2D eigenvalue weighted by atomic mass is 19.4. The second-order valence-corrected chi connectivity index (χ2v) is 6.37. The number of piperazine rings is 1. The third kappa shape index (κ3) is 5.11. The number of nitrogens with zero attached hydrogens (tertiary/aromatic N) is 3. The smallest absolute Gasteiger partial charge is 0.417 e. The molecule has 0 unspecified atom stereocenters. The van der Waals surface area contributed by atoms with Crippen molar-refractivity contribution in [3.63, 3.8) is 0 Å². The molecule has 0 spiro atoms. The molecule has 5 nitrogen and oxygen atoms in total. The monoisotopic (exact) mass is 397 g/mol. The van der Waals surface area contributed by atoms with Crippen molar-refractivity contribution in [2.24, 2.45) is 0 Å². The first-order valence-corrected chi connectivity index (χ1v) is 8.77. The third-order valence-electron chi connectivity index (χ3n) is 4.44. The molecule has 0 aliphatic carbocycles. The number of rotatable bonds is 4. The summed E-state index contributed by atoms with van der Waals surface area (Å²) in [6.07, 6.45) is -3.66. The number of alkyl halides is 3. The summed E-state index contributed by atoms with van der Waals surface area (Å²) >= 11 is 0. The Morgan fingerprint density at radius 2 is 1.86 bits per heavy atom. The van der Waals surface area contributed by atoms with E-state index in [2.05, 4.69) is 4.98 Å². The number of benzene rings is 1. The number of hydrogen-bond donors (Lipinski definition) is 0. The van der Waals surface area contributed by atoms with Gasteiger partial charge in [-0.2, -0.15) is 13.2 Å². The zero-order valence-electron chi connectivity index (χ0n) is 15.0. The number of halogens is 4. The van der Waals surface area contributed by atoms with Crippen LogP contribution in [0.4, 0.5) is 28.2 Å². The molecule has 1 aliphatic rings. The van der Waals surface area contributed by atoms with E-state index in [4.69, 9.17) is 4.74 Å². The van der Waals surface area contributed by atoms with Crippen molar-refractivity contribution in [1.29, 1.82) is 0 Å². The molecule has 0 bridgehead atoms. The van der Waals surface area contributed by atoms with Crippen molar-refractivity contribution in [2.75, 3.05) is 37.7 Å². The summed E-state index contributed by atoms with van der Waals surface area (Å²) in [6, 6.07) is 8.42. The molecule has 2 aromatic rings. The Labute approximate surface area is 159 Å². The maximum Gasteiger partial charge on any atom is 0.417 e. The molecule has 1 saturated heterocycles. The van der Waals surface area contributed by atoms with Gasteiger partial charge >= 0.3 is 12.3 Å². The largest absolute Gasteiger partial charge is 0.449 e. The van der Waals surface area contributed by atoms with Crippen molar-refractivity contribution in [3.8, 4) is 0 Å². The molecular weight excluding hydrogens is 378 g/mol. The maximum atomic E-state index is 13.1. The first kappa shape index (κ1) is 19.9. The third-order valence-corrected chi connectivity index (χ3v) is 4.44. The summed E-state index contributed by atoms with van der Waals surface area (Å²) in [5.74, 6) is 0.101. The Morgan fingerprint density at radius 3 is 2.46 bits per heavy atom. The number of carbonyl (C=O) groups is 1. The minimum absolute atomic E-state index is 0.142. The Kier molecular flexibility index (Phi) is 6.01. The number of aromatic nitrogens is 1. The lowest BCUT2D eigenvalue weighted by Gasteiger charge is -2.34. The van der Waals surface area contributed by atoms with Crippen LogP contribution in [0.3, 0.4) is 0 Å². The van der Waals surface area contributed by atoms with Gasteiger partial charge in [-0.05, 0) is 29.8 Å². The lowest BCUT2D eigenvalue weighted by atomic mass is 10.2. The van der Waals surface area contributed by atoms with Crippen LogP contribution >= 0.6 is 0 Å². The zero-order chi connectivity index (χ0) is 20.1. The van der Waals surface area contributed by atoms with Gasteiger partial charge < -0.3 is 14.5 Å². The molecule has 1 fully saturated rings. The molecule has 1 aromatic heterocycles. The minimum Gasteiger partial charge on any atom is -0.449 e. The van der Waals surface area contributed by atoms with E-state index in [1.807, 2.05) is 4.90 Å². The maximum absolute atomic E-state index is 13.1. The second kappa shape index (κ2) is 8.45. The minimum atomic E-state index is -4.42. The molecular formula is C19H19F4N3O2. The van der Waals surface area contributed by atoms with Crippen LogP contribution in [-0.4, -0.2) is 48.8 Å². The number of carbonyl (C=O) groups excluding carboxylic acids is 1. The summed E-state index contributed by atoms with van der Waals surface area (Å²) < 4.78 is 56.1. The highest BCUT2D eigenvalue weighted by molar-refractivity contribution is 5.68. The number of ether oxygens (including phenoxy) is 1. The number of hydrogen-bond acceptors (Lipinski definition) is 4. The van der Waals surface area contributed by atoms with Crippen LogP contribution in [0.15, 0.2) is 42.6 Å². The molecule has 0 radical (unpaired) electrons. The van der Waals surface area contributed by atoms with Crippen LogP contribution in [0, 0.1) is 5.82 Å². The lowest BCUT2D eigenvalue weighted by Crippen LogP contribution is -2.49. The topological polar surface area (TPSA) is 45.7 Å². The van der Waals surface area contributed by atoms with Crippen molar-refractivity contribution in [1.82, 2.24) is 9.88 Å². The van der Waals surface area contributed by atoms with Crippen LogP contribution < -0.4 is 4.90 Å².